The smallest absolute Gasteiger partial charge is 0.321 e. The van der Waals surface area contributed by atoms with Crippen molar-refractivity contribution in [3.8, 4) is 17.1 Å². The first-order chi connectivity index (χ1) is 10.4. The number of aromatic nitrogens is 2. The zero-order chi connectivity index (χ0) is 16.2. The quantitative estimate of drug-likeness (QED) is 0.831. The lowest BCUT2D eigenvalue weighted by Crippen LogP contribution is -2.19. The van der Waals surface area contributed by atoms with Crippen LogP contribution in [0.2, 0.25) is 0 Å². The van der Waals surface area contributed by atoms with E-state index in [2.05, 4.69) is 15.5 Å². The molecule has 2 rings (SSSR count). The zero-order valence-corrected chi connectivity index (χ0v) is 13.6. The summed E-state index contributed by atoms with van der Waals surface area (Å²) in [5.74, 6) is 1.26. The van der Waals surface area contributed by atoms with Crippen LogP contribution in [0.15, 0.2) is 28.8 Å². The minimum Gasteiger partial charge on any atom is -0.497 e. The van der Waals surface area contributed by atoms with E-state index in [1.54, 1.807) is 7.11 Å². The Morgan fingerprint density at radius 1 is 1.41 bits per heavy atom. The summed E-state index contributed by atoms with van der Waals surface area (Å²) in [6, 6.07) is 7.50. The molecule has 2 aromatic rings. The van der Waals surface area contributed by atoms with Gasteiger partial charge in [-0.25, -0.2) is 8.42 Å². The van der Waals surface area contributed by atoms with Crippen LogP contribution in [0.4, 0.5) is 6.01 Å². The van der Waals surface area contributed by atoms with Crippen molar-refractivity contribution in [3.63, 3.8) is 0 Å². The molecule has 0 radical (unpaired) electrons. The molecule has 1 aromatic heterocycles. The van der Waals surface area contributed by atoms with Gasteiger partial charge in [-0.15, -0.1) is 0 Å². The standard InChI is InChI=1S/C14H19N3O4S/c1-10(7-8-22(3,18)19)15-14-16-13(17-21-14)11-5-4-6-12(9-11)20-2/h4-6,9-10H,7-8H2,1-3H3,(H,15,16,17). The average molecular weight is 325 g/mol. The van der Waals surface area contributed by atoms with Gasteiger partial charge in [0.25, 0.3) is 0 Å². The SMILES string of the molecule is COc1cccc(-c2noc(NC(C)CCS(C)(=O)=O)n2)c1. The summed E-state index contributed by atoms with van der Waals surface area (Å²) in [5.41, 5.74) is 0.778. The third kappa shape index (κ3) is 4.73. The van der Waals surface area contributed by atoms with Crippen LogP contribution in [0.25, 0.3) is 11.4 Å². The maximum atomic E-state index is 11.1. The first-order valence-corrected chi connectivity index (χ1v) is 8.86. The molecular weight excluding hydrogens is 306 g/mol. The zero-order valence-electron chi connectivity index (χ0n) is 12.7. The highest BCUT2D eigenvalue weighted by Gasteiger charge is 2.13. The summed E-state index contributed by atoms with van der Waals surface area (Å²) in [6.45, 7) is 1.86. The van der Waals surface area contributed by atoms with Gasteiger partial charge in [0.1, 0.15) is 15.6 Å². The molecule has 0 aliphatic carbocycles. The summed E-state index contributed by atoms with van der Waals surface area (Å²) in [4.78, 5) is 4.25. The van der Waals surface area contributed by atoms with Gasteiger partial charge in [0.2, 0.25) is 5.82 Å². The van der Waals surface area contributed by atoms with Gasteiger partial charge in [-0.3, -0.25) is 0 Å². The van der Waals surface area contributed by atoms with Gasteiger partial charge in [0, 0.05) is 17.9 Å². The third-order valence-corrected chi connectivity index (χ3v) is 4.02. The Labute approximate surface area is 129 Å². The molecule has 0 aliphatic rings. The molecule has 1 unspecified atom stereocenters. The number of ether oxygens (including phenoxy) is 1. The molecule has 0 amide bonds. The number of sulfone groups is 1. The fourth-order valence-electron chi connectivity index (χ4n) is 1.84. The number of nitrogens with one attached hydrogen (secondary N) is 1. The van der Waals surface area contributed by atoms with Crippen molar-refractivity contribution in [3.05, 3.63) is 24.3 Å². The maximum Gasteiger partial charge on any atom is 0.321 e. The third-order valence-electron chi connectivity index (χ3n) is 3.05. The number of rotatable bonds is 7. The fourth-order valence-corrected chi connectivity index (χ4v) is 2.62. The number of benzene rings is 1. The van der Waals surface area contributed by atoms with Crippen molar-refractivity contribution < 1.29 is 17.7 Å². The van der Waals surface area contributed by atoms with Crippen molar-refractivity contribution in [1.29, 1.82) is 0 Å². The molecule has 0 saturated carbocycles. The largest absolute Gasteiger partial charge is 0.497 e. The van der Waals surface area contributed by atoms with Crippen LogP contribution in [-0.2, 0) is 9.84 Å². The molecule has 0 bridgehead atoms. The summed E-state index contributed by atoms with van der Waals surface area (Å²) >= 11 is 0. The topological polar surface area (TPSA) is 94.3 Å². The molecule has 0 fully saturated rings. The van der Waals surface area contributed by atoms with Crippen LogP contribution in [0.3, 0.4) is 0 Å². The van der Waals surface area contributed by atoms with E-state index in [9.17, 15) is 8.42 Å². The van der Waals surface area contributed by atoms with Crippen molar-refractivity contribution in [2.24, 2.45) is 0 Å². The van der Waals surface area contributed by atoms with E-state index in [1.807, 2.05) is 31.2 Å². The molecule has 120 valence electrons. The number of methoxy groups -OCH3 is 1. The first kappa shape index (κ1) is 16.3. The molecule has 7 nitrogen and oxygen atoms in total. The fraction of sp³-hybridized carbons (Fsp3) is 0.429. The van der Waals surface area contributed by atoms with Crippen molar-refractivity contribution in [2.45, 2.75) is 19.4 Å². The molecule has 1 aromatic carbocycles. The Kier molecular flexibility index (Phi) is 5.02. The second-order valence-corrected chi connectivity index (χ2v) is 7.38. The molecule has 1 heterocycles. The van der Waals surface area contributed by atoms with E-state index in [0.717, 1.165) is 5.56 Å². The predicted molar refractivity (Wildman–Crippen MR) is 83.7 cm³/mol. The molecule has 0 spiro atoms. The first-order valence-electron chi connectivity index (χ1n) is 6.80. The Morgan fingerprint density at radius 3 is 2.86 bits per heavy atom. The van der Waals surface area contributed by atoms with Crippen LogP contribution >= 0.6 is 0 Å². The minimum absolute atomic E-state index is 0.0895. The molecule has 0 aliphatic heterocycles. The van der Waals surface area contributed by atoms with Crippen LogP contribution in [0.5, 0.6) is 5.75 Å². The monoisotopic (exact) mass is 325 g/mol. The summed E-state index contributed by atoms with van der Waals surface area (Å²) in [5, 5.41) is 6.90. The van der Waals surface area contributed by atoms with Crippen LogP contribution in [0, 0.1) is 0 Å². The van der Waals surface area contributed by atoms with Crippen molar-refractivity contribution >= 4 is 15.9 Å². The van der Waals surface area contributed by atoms with E-state index in [0.29, 0.717) is 18.0 Å². The second kappa shape index (κ2) is 6.78. The molecule has 1 N–H and O–H groups in total. The molecule has 1 atom stereocenters. The van der Waals surface area contributed by atoms with E-state index >= 15 is 0 Å². The van der Waals surface area contributed by atoms with Crippen molar-refractivity contribution in [2.75, 3.05) is 24.4 Å². The number of nitrogens with zero attached hydrogens (tertiary/aromatic N) is 2. The normalized spacial score (nSPS) is 12.9. The Morgan fingerprint density at radius 2 is 2.18 bits per heavy atom. The number of hydrogen-bond acceptors (Lipinski definition) is 7. The van der Waals surface area contributed by atoms with Gasteiger partial charge < -0.3 is 14.6 Å². The highest BCUT2D eigenvalue weighted by molar-refractivity contribution is 7.90. The van der Waals surface area contributed by atoms with Gasteiger partial charge >= 0.3 is 6.01 Å². The predicted octanol–water partition coefficient (Wildman–Crippen LogP) is 1.98. The lowest BCUT2D eigenvalue weighted by Gasteiger charge is -2.10. The summed E-state index contributed by atoms with van der Waals surface area (Å²) in [7, 11) is -1.39. The second-order valence-electron chi connectivity index (χ2n) is 5.12. The average Bonchev–Trinajstić information content (AvgIpc) is 2.93. The minimum atomic E-state index is -2.98. The van der Waals surface area contributed by atoms with Crippen molar-refractivity contribution in [1.82, 2.24) is 10.1 Å². The summed E-state index contributed by atoms with van der Waals surface area (Å²) < 4.78 is 32.6. The van der Waals surface area contributed by atoms with Gasteiger partial charge in [0.15, 0.2) is 0 Å². The van der Waals surface area contributed by atoms with Crippen LogP contribution < -0.4 is 10.1 Å². The molecule has 0 saturated heterocycles. The lowest BCUT2D eigenvalue weighted by atomic mass is 10.2. The van der Waals surface area contributed by atoms with Gasteiger partial charge in [-0.05, 0) is 25.5 Å². The Hall–Kier alpha value is -2.09. The number of hydrogen-bond donors (Lipinski definition) is 1. The lowest BCUT2D eigenvalue weighted by molar-refractivity contribution is 0.414. The van der Waals surface area contributed by atoms with E-state index < -0.39 is 9.84 Å². The van der Waals surface area contributed by atoms with Gasteiger partial charge in [0.05, 0.1) is 12.9 Å². The van der Waals surface area contributed by atoms with Crippen LogP contribution in [-0.4, -0.2) is 43.7 Å². The molecule has 22 heavy (non-hydrogen) atoms. The Bertz CT molecular complexity index is 727. The maximum absolute atomic E-state index is 11.1. The number of anilines is 1. The summed E-state index contributed by atoms with van der Waals surface area (Å²) in [6.07, 6.45) is 1.68. The van der Waals surface area contributed by atoms with Gasteiger partial charge in [-0.2, -0.15) is 4.98 Å². The van der Waals surface area contributed by atoms with Crippen LogP contribution in [0.1, 0.15) is 13.3 Å². The molecule has 8 heteroatoms. The van der Waals surface area contributed by atoms with Gasteiger partial charge in [-0.1, -0.05) is 17.3 Å². The molecular formula is C14H19N3O4S. The highest BCUT2D eigenvalue weighted by Crippen LogP contribution is 2.22. The Balaban J connectivity index is 2.02. The highest BCUT2D eigenvalue weighted by atomic mass is 32.2. The van der Waals surface area contributed by atoms with E-state index in [4.69, 9.17) is 9.26 Å². The van der Waals surface area contributed by atoms with E-state index in [-0.39, 0.29) is 17.8 Å². The van der Waals surface area contributed by atoms with E-state index in [1.165, 1.54) is 6.26 Å².